The molecule has 110 valence electrons. The Kier molecular flexibility index (Phi) is 4.99. The lowest BCUT2D eigenvalue weighted by Crippen LogP contribution is -2.18. The van der Waals surface area contributed by atoms with Gasteiger partial charge in [-0.1, -0.05) is 19.8 Å². The molecule has 1 aliphatic rings. The first kappa shape index (κ1) is 14.8. The predicted molar refractivity (Wildman–Crippen MR) is 80.4 cm³/mol. The van der Waals surface area contributed by atoms with Crippen LogP contribution in [0.3, 0.4) is 0 Å². The molecule has 20 heavy (non-hydrogen) atoms. The van der Waals surface area contributed by atoms with Crippen molar-refractivity contribution in [2.24, 2.45) is 5.92 Å². The van der Waals surface area contributed by atoms with Gasteiger partial charge in [0.05, 0.1) is 5.69 Å². The van der Waals surface area contributed by atoms with Gasteiger partial charge in [0.15, 0.2) is 0 Å². The first-order valence-electron chi connectivity index (χ1n) is 7.38. The topological polar surface area (TPSA) is 41.1 Å². The van der Waals surface area contributed by atoms with E-state index in [1.807, 2.05) is 0 Å². The minimum Gasteiger partial charge on any atom is -0.382 e. The number of halogens is 1. The minimum absolute atomic E-state index is 0.240. The van der Waals surface area contributed by atoms with Gasteiger partial charge < -0.3 is 10.6 Å². The highest BCUT2D eigenvalue weighted by Crippen LogP contribution is 2.26. The van der Waals surface area contributed by atoms with Gasteiger partial charge in [-0.25, -0.2) is 4.39 Å². The van der Waals surface area contributed by atoms with Crippen molar-refractivity contribution in [1.82, 2.24) is 0 Å². The summed E-state index contributed by atoms with van der Waals surface area (Å²) in [5.74, 6) is 0.134. The summed E-state index contributed by atoms with van der Waals surface area (Å²) in [6.45, 7) is 3.68. The van der Waals surface area contributed by atoms with Crippen molar-refractivity contribution in [3.8, 4) is 0 Å². The number of amides is 1. The summed E-state index contributed by atoms with van der Waals surface area (Å²) in [5.41, 5.74) is 1.11. The minimum atomic E-state index is -0.403. The van der Waals surface area contributed by atoms with Crippen LogP contribution in [0, 0.1) is 11.7 Å². The van der Waals surface area contributed by atoms with E-state index in [1.165, 1.54) is 32.3 Å². The molecular formula is C16H23FN2O. The van der Waals surface area contributed by atoms with Crippen molar-refractivity contribution < 1.29 is 9.18 Å². The highest BCUT2D eigenvalue weighted by atomic mass is 19.1. The summed E-state index contributed by atoms with van der Waals surface area (Å²) in [6.07, 6.45) is 6.06. The van der Waals surface area contributed by atoms with Gasteiger partial charge in [-0.2, -0.15) is 0 Å². The van der Waals surface area contributed by atoms with E-state index >= 15 is 0 Å². The molecule has 2 N–H and O–H groups in total. The Morgan fingerprint density at radius 1 is 1.25 bits per heavy atom. The summed E-state index contributed by atoms with van der Waals surface area (Å²) in [4.78, 5) is 11.1. The quantitative estimate of drug-likeness (QED) is 0.815. The van der Waals surface area contributed by atoms with Gasteiger partial charge in [-0.3, -0.25) is 4.79 Å². The molecule has 1 aromatic carbocycles. The van der Waals surface area contributed by atoms with Crippen LogP contribution in [0.15, 0.2) is 18.2 Å². The third kappa shape index (κ3) is 4.22. The molecule has 4 heteroatoms. The Hall–Kier alpha value is -1.58. The van der Waals surface area contributed by atoms with E-state index in [-0.39, 0.29) is 11.6 Å². The fourth-order valence-electron chi connectivity index (χ4n) is 2.77. The largest absolute Gasteiger partial charge is 0.382 e. The molecule has 2 unspecified atom stereocenters. The maximum atomic E-state index is 13.6. The second-order valence-corrected chi connectivity index (χ2v) is 5.83. The molecule has 2 rings (SSSR count). The van der Waals surface area contributed by atoms with Crippen molar-refractivity contribution in [2.75, 3.05) is 10.6 Å². The smallest absolute Gasteiger partial charge is 0.221 e. The first-order chi connectivity index (χ1) is 9.54. The second-order valence-electron chi connectivity index (χ2n) is 5.83. The van der Waals surface area contributed by atoms with E-state index in [0.29, 0.717) is 6.04 Å². The van der Waals surface area contributed by atoms with Crippen LogP contribution in [0.4, 0.5) is 15.8 Å². The molecule has 1 amide bonds. The van der Waals surface area contributed by atoms with Crippen LogP contribution in [0.1, 0.15) is 46.0 Å². The lowest BCUT2D eigenvalue weighted by Gasteiger charge is -2.18. The molecule has 0 aromatic heterocycles. The van der Waals surface area contributed by atoms with Crippen molar-refractivity contribution in [2.45, 2.75) is 52.0 Å². The summed E-state index contributed by atoms with van der Waals surface area (Å²) >= 11 is 0. The summed E-state index contributed by atoms with van der Waals surface area (Å²) in [7, 11) is 0. The van der Waals surface area contributed by atoms with Crippen LogP contribution < -0.4 is 10.6 Å². The molecule has 0 spiro atoms. The molecule has 3 nitrogen and oxygen atoms in total. The second kappa shape index (κ2) is 6.73. The standard InChI is InChI=1S/C16H23FN2O/c1-11-4-3-5-13(7-6-11)19-14-8-9-15(17)16(10-14)18-12(2)20/h8-11,13,19H,3-7H2,1-2H3,(H,18,20). The Balaban J connectivity index is 2.03. The fourth-order valence-corrected chi connectivity index (χ4v) is 2.77. The first-order valence-corrected chi connectivity index (χ1v) is 7.38. The van der Waals surface area contributed by atoms with Crippen molar-refractivity contribution >= 4 is 17.3 Å². The van der Waals surface area contributed by atoms with E-state index in [9.17, 15) is 9.18 Å². The molecular weight excluding hydrogens is 255 g/mol. The Morgan fingerprint density at radius 3 is 2.80 bits per heavy atom. The van der Waals surface area contributed by atoms with Gasteiger partial charge in [-0.15, -0.1) is 0 Å². The van der Waals surface area contributed by atoms with Crippen LogP contribution >= 0.6 is 0 Å². The number of nitrogens with one attached hydrogen (secondary N) is 2. The number of rotatable bonds is 3. The summed E-state index contributed by atoms with van der Waals surface area (Å²) in [6, 6.07) is 5.24. The molecule has 0 bridgehead atoms. The lowest BCUT2D eigenvalue weighted by molar-refractivity contribution is -0.114. The molecule has 2 atom stereocenters. The number of benzene rings is 1. The Bertz CT molecular complexity index is 476. The zero-order valence-corrected chi connectivity index (χ0v) is 12.2. The Morgan fingerprint density at radius 2 is 2.05 bits per heavy atom. The van der Waals surface area contributed by atoms with Gasteiger partial charge in [0.2, 0.25) is 5.91 Å². The molecule has 1 fully saturated rings. The van der Waals surface area contributed by atoms with Crippen LogP contribution in [-0.4, -0.2) is 11.9 Å². The average Bonchev–Trinajstić information content (AvgIpc) is 2.58. The zero-order valence-electron chi connectivity index (χ0n) is 12.2. The highest BCUT2D eigenvalue weighted by Gasteiger charge is 2.16. The van der Waals surface area contributed by atoms with E-state index in [0.717, 1.165) is 24.4 Å². The van der Waals surface area contributed by atoms with Crippen LogP contribution in [-0.2, 0) is 4.79 Å². The molecule has 0 heterocycles. The van der Waals surface area contributed by atoms with E-state index in [2.05, 4.69) is 17.6 Å². The third-order valence-corrected chi connectivity index (χ3v) is 3.91. The average molecular weight is 278 g/mol. The van der Waals surface area contributed by atoms with Crippen LogP contribution in [0.25, 0.3) is 0 Å². The number of carbonyl (C=O) groups is 1. The maximum absolute atomic E-state index is 13.6. The monoisotopic (exact) mass is 278 g/mol. The van der Waals surface area contributed by atoms with Gasteiger partial charge in [0.1, 0.15) is 5.82 Å². The van der Waals surface area contributed by atoms with Gasteiger partial charge in [0.25, 0.3) is 0 Å². The third-order valence-electron chi connectivity index (χ3n) is 3.91. The number of anilines is 2. The van der Waals surface area contributed by atoms with E-state index in [1.54, 1.807) is 12.1 Å². The number of hydrogen-bond donors (Lipinski definition) is 2. The molecule has 0 radical (unpaired) electrons. The molecule has 1 aromatic rings. The highest BCUT2D eigenvalue weighted by molar-refractivity contribution is 5.89. The van der Waals surface area contributed by atoms with Crippen molar-refractivity contribution in [3.05, 3.63) is 24.0 Å². The summed E-state index contributed by atoms with van der Waals surface area (Å²) < 4.78 is 13.6. The van der Waals surface area contributed by atoms with E-state index < -0.39 is 5.82 Å². The van der Waals surface area contributed by atoms with Gasteiger partial charge >= 0.3 is 0 Å². The van der Waals surface area contributed by atoms with Gasteiger partial charge in [-0.05, 0) is 43.4 Å². The SMILES string of the molecule is CC(=O)Nc1cc(NC2CCCC(C)CC2)ccc1F. The normalized spacial score (nSPS) is 22.9. The zero-order chi connectivity index (χ0) is 14.5. The maximum Gasteiger partial charge on any atom is 0.221 e. The number of carbonyl (C=O) groups excluding carboxylic acids is 1. The molecule has 0 aliphatic heterocycles. The van der Waals surface area contributed by atoms with Gasteiger partial charge in [0, 0.05) is 18.7 Å². The van der Waals surface area contributed by atoms with Crippen molar-refractivity contribution in [1.29, 1.82) is 0 Å². The van der Waals surface area contributed by atoms with Crippen LogP contribution in [0.2, 0.25) is 0 Å². The lowest BCUT2D eigenvalue weighted by atomic mass is 10.0. The number of hydrogen-bond acceptors (Lipinski definition) is 2. The molecule has 1 saturated carbocycles. The fraction of sp³-hybridized carbons (Fsp3) is 0.562. The van der Waals surface area contributed by atoms with Crippen molar-refractivity contribution in [3.63, 3.8) is 0 Å². The predicted octanol–water partition coefficient (Wildman–Crippen LogP) is 4.16. The Labute approximate surface area is 120 Å². The summed E-state index contributed by atoms with van der Waals surface area (Å²) in [5, 5.41) is 5.98. The van der Waals surface area contributed by atoms with E-state index in [4.69, 9.17) is 0 Å². The van der Waals surface area contributed by atoms with Crippen LogP contribution in [0.5, 0.6) is 0 Å². The molecule has 1 aliphatic carbocycles. The molecule has 0 saturated heterocycles.